The minimum absolute atomic E-state index is 0.642. The fourth-order valence-electron chi connectivity index (χ4n) is 1.68. The van der Waals surface area contributed by atoms with Crippen LogP contribution in [0.4, 0.5) is 0 Å². The third-order valence-corrected chi connectivity index (χ3v) is 2.51. The molecule has 0 atom stereocenters. The molecular formula is C10H22N2. The summed E-state index contributed by atoms with van der Waals surface area (Å²) in [5.74, 6) is 0. The molecule has 0 aromatic heterocycles. The summed E-state index contributed by atoms with van der Waals surface area (Å²) >= 11 is 0. The van der Waals surface area contributed by atoms with Crippen LogP contribution in [0.5, 0.6) is 0 Å². The average molecular weight is 170 g/mol. The van der Waals surface area contributed by atoms with Crippen LogP contribution in [0.15, 0.2) is 0 Å². The van der Waals surface area contributed by atoms with Crippen molar-refractivity contribution in [3.63, 3.8) is 0 Å². The van der Waals surface area contributed by atoms with E-state index in [1.54, 1.807) is 0 Å². The monoisotopic (exact) mass is 170 g/mol. The van der Waals surface area contributed by atoms with Gasteiger partial charge in [-0.15, -0.1) is 0 Å². The highest BCUT2D eigenvalue weighted by atomic mass is 15.5. The minimum Gasteiger partial charge on any atom is -0.255 e. The summed E-state index contributed by atoms with van der Waals surface area (Å²) in [5.41, 5.74) is 3.49. The van der Waals surface area contributed by atoms with E-state index in [2.05, 4.69) is 24.3 Å². The predicted molar refractivity (Wildman–Crippen MR) is 52.9 cm³/mol. The largest absolute Gasteiger partial charge is 0.255 e. The second kappa shape index (κ2) is 5.55. The van der Waals surface area contributed by atoms with Crippen molar-refractivity contribution in [2.75, 3.05) is 13.1 Å². The van der Waals surface area contributed by atoms with Gasteiger partial charge in [-0.05, 0) is 26.7 Å². The van der Waals surface area contributed by atoms with E-state index in [1.165, 1.54) is 38.6 Å². The summed E-state index contributed by atoms with van der Waals surface area (Å²) in [6, 6.07) is 0.642. The molecule has 0 bridgehead atoms. The molecule has 0 aromatic carbocycles. The zero-order valence-electron chi connectivity index (χ0n) is 8.47. The molecule has 1 heterocycles. The van der Waals surface area contributed by atoms with E-state index in [4.69, 9.17) is 0 Å². The van der Waals surface area contributed by atoms with E-state index in [-0.39, 0.29) is 0 Å². The Morgan fingerprint density at radius 3 is 2.42 bits per heavy atom. The van der Waals surface area contributed by atoms with Gasteiger partial charge in [0.05, 0.1) is 0 Å². The molecule has 2 heteroatoms. The standard InChI is InChI=1S/C10H22N2/c1-10(2)12-9-7-5-3-4-6-8-11-12/h10-11H,3-9H2,1-2H3. The molecule has 0 aliphatic carbocycles. The quantitative estimate of drug-likeness (QED) is 0.649. The van der Waals surface area contributed by atoms with Gasteiger partial charge in [0.1, 0.15) is 0 Å². The Hall–Kier alpha value is -0.0800. The summed E-state index contributed by atoms with van der Waals surface area (Å²) in [5, 5.41) is 2.38. The molecule has 12 heavy (non-hydrogen) atoms. The van der Waals surface area contributed by atoms with Crippen molar-refractivity contribution in [1.82, 2.24) is 10.4 Å². The lowest BCUT2D eigenvalue weighted by molar-refractivity contribution is 0.143. The van der Waals surface area contributed by atoms with Gasteiger partial charge >= 0.3 is 0 Å². The maximum atomic E-state index is 3.49. The molecule has 1 aliphatic rings. The summed E-state index contributed by atoms with van der Waals surface area (Å²) in [6.45, 7) is 6.89. The highest BCUT2D eigenvalue weighted by molar-refractivity contribution is 4.61. The lowest BCUT2D eigenvalue weighted by atomic mass is 10.1. The molecule has 0 saturated carbocycles. The van der Waals surface area contributed by atoms with E-state index in [9.17, 15) is 0 Å². The van der Waals surface area contributed by atoms with E-state index in [0.29, 0.717) is 6.04 Å². The van der Waals surface area contributed by atoms with Gasteiger partial charge in [0.25, 0.3) is 0 Å². The summed E-state index contributed by atoms with van der Waals surface area (Å²) < 4.78 is 0. The van der Waals surface area contributed by atoms with Crippen molar-refractivity contribution in [1.29, 1.82) is 0 Å². The molecule has 1 saturated heterocycles. The Labute approximate surface area is 76.3 Å². The van der Waals surface area contributed by atoms with E-state index < -0.39 is 0 Å². The van der Waals surface area contributed by atoms with Gasteiger partial charge in [-0.1, -0.05) is 19.3 Å². The molecule has 2 nitrogen and oxygen atoms in total. The molecule has 1 aliphatic heterocycles. The maximum Gasteiger partial charge on any atom is 0.0187 e. The smallest absolute Gasteiger partial charge is 0.0187 e. The zero-order valence-corrected chi connectivity index (χ0v) is 8.47. The SMILES string of the molecule is CC(C)N1CCCCCCCN1. The fourth-order valence-corrected chi connectivity index (χ4v) is 1.68. The molecule has 72 valence electrons. The van der Waals surface area contributed by atoms with Gasteiger partial charge in [-0.2, -0.15) is 0 Å². The van der Waals surface area contributed by atoms with Crippen molar-refractivity contribution in [3.05, 3.63) is 0 Å². The van der Waals surface area contributed by atoms with Crippen LogP contribution in [0.25, 0.3) is 0 Å². The van der Waals surface area contributed by atoms with Crippen LogP contribution >= 0.6 is 0 Å². The van der Waals surface area contributed by atoms with Gasteiger partial charge in [0.2, 0.25) is 0 Å². The van der Waals surface area contributed by atoms with Gasteiger partial charge in [-0.3, -0.25) is 5.43 Å². The van der Waals surface area contributed by atoms with Crippen molar-refractivity contribution >= 4 is 0 Å². The lowest BCUT2D eigenvalue weighted by Crippen LogP contribution is -2.43. The Morgan fingerprint density at radius 2 is 1.67 bits per heavy atom. The number of nitrogens with one attached hydrogen (secondary N) is 1. The molecule has 1 N–H and O–H groups in total. The first-order valence-corrected chi connectivity index (χ1v) is 5.31. The molecular weight excluding hydrogens is 148 g/mol. The van der Waals surface area contributed by atoms with Crippen molar-refractivity contribution < 1.29 is 0 Å². The van der Waals surface area contributed by atoms with Crippen LogP contribution in [0.3, 0.4) is 0 Å². The number of rotatable bonds is 1. The molecule has 0 unspecified atom stereocenters. The Kier molecular flexibility index (Phi) is 4.62. The first kappa shape index (κ1) is 10.0. The second-order valence-corrected chi connectivity index (χ2v) is 3.96. The topological polar surface area (TPSA) is 15.3 Å². The molecule has 1 fully saturated rings. The summed E-state index contributed by atoms with van der Waals surface area (Å²) in [4.78, 5) is 0. The third-order valence-electron chi connectivity index (χ3n) is 2.51. The van der Waals surface area contributed by atoms with E-state index >= 15 is 0 Å². The van der Waals surface area contributed by atoms with Gasteiger partial charge in [-0.25, -0.2) is 5.01 Å². The molecule has 0 radical (unpaired) electrons. The highest BCUT2D eigenvalue weighted by Crippen LogP contribution is 2.07. The Balaban J connectivity index is 2.28. The van der Waals surface area contributed by atoms with Crippen LogP contribution in [-0.2, 0) is 0 Å². The van der Waals surface area contributed by atoms with Crippen molar-refractivity contribution in [2.24, 2.45) is 0 Å². The molecule has 0 amide bonds. The first-order chi connectivity index (χ1) is 5.80. The predicted octanol–water partition coefficient (Wildman–Crippen LogP) is 2.17. The van der Waals surface area contributed by atoms with Crippen molar-refractivity contribution in [3.8, 4) is 0 Å². The van der Waals surface area contributed by atoms with Crippen LogP contribution < -0.4 is 5.43 Å². The highest BCUT2D eigenvalue weighted by Gasteiger charge is 2.08. The number of hydrazine groups is 1. The van der Waals surface area contributed by atoms with Crippen molar-refractivity contribution in [2.45, 2.75) is 52.0 Å². The van der Waals surface area contributed by atoms with Gasteiger partial charge in [0, 0.05) is 19.1 Å². The normalized spacial score (nSPS) is 23.2. The Bertz CT molecular complexity index is 102. The maximum absolute atomic E-state index is 3.49. The molecule has 1 rings (SSSR count). The van der Waals surface area contributed by atoms with Crippen LogP contribution in [0.2, 0.25) is 0 Å². The van der Waals surface area contributed by atoms with Gasteiger partial charge < -0.3 is 0 Å². The molecule has 0 spiro atoms. The van der Waals surface area contributed by atoms with Crippen LogP contribution in [-0.4, -0.2) is 24.1 Å². The zero-order chi connectivity index (χ0) is 8.81. The van der Waals surface area contributed by atoms with Gasteiger partial charge in [0.15, 0.2) is 0 Å². The summed E-state index contributed by atoms with van der Waals surface area (Å²) in [7, 11) is 0. The Morgan fingerprint density at radius 1 is 1.00 bits per heavy atom. The first-order valence-electron chi connectivity index (χ1n) is 5.31. The minimum atomic E-state index is 0.642. The number of hydrogen-bond donors (Lipinski definition) is 1. The number of nitrogens with zero attached hydrogens (tertiary/aromatic N) is 1. The molecule has 0 aromatic rings. The lowest BCUT2D eigenvalue weighted by Gasteiger charge is -2.26. The van der Waals surface area contributed by atoms with E-state index in [1.807, 2.05) is 0 Å². The number of hydrogen-bond acceptors (Lipinski definition) is 2. The van der Waals surface area contributed by atoms with Crippen LogP contribution in [0.1, 0.15) is 46.0 Å². The third kappa shape index (κ3) is 3.55. The fraction of sp³-hybridized carbons (Fsp3) is 1.00. The average Bonchev–Trinajstić information content (AvgIpc) is 2.15. The van der Waals surface area contributed by atoms with Crippen LogP contribution in [0, 0.1) is 0 Å². The summed E-state index contributed by atoms with van der Waals surface area (Å²) in [6.07, 6.45) is 6.92. The second-order valence-electron chi connectivity index (χ2n) is 3.96. The van der Waals surface area contributed by atoms with E-state index in [0.717, 1.165) is 6.54 Å².